The highest BCUT2D eigenvalue weighted by molar-refractivity contribution is 9.11. The lowest BCUT2D eigenvalue weighted by Crippen LogP contribution is -2.03. The first-order valence-electron chi connectivity index (χ1n) is 6.14. The zero-order chi connectivity index (χ0) is 15.4. The highest BCUT2D eigenvalue weighted by Gasteiger charge is 2.10. The lowest BCUT2D eigenvalue weighted by molar-refractivity contribution is 0.386. The molecule has 2 rings (SSSR count). The van der Waals surface area contributed by atoms with Gasteiger partial charge in [0.25, 0.3) is 0 Å². The fourth-order valence-electron chi connectivity index (χ4n) is 1.95. The highest BCUT2D eigenvalue weighted by atomic mass is 79.9. The molecule has 0 aliphatic rings. The summed E-state index contributed by atoms with van der Waals surface area (Å²) in [4.78, 5) is 0. The molecule has 0 bridgehead atoms. The van der Waals surface area contributed by atoms with Gasteiger partial charge in [-0.2, -0.15) is 0 Å². The molecule has 0 unspecified atom stereocenters. The maximum Gasteiger partial charge on any atom is 0.167 e. The van der Waals surface area contributed by atoms with Gasteiger partial charge in [0.2, 0.25) is 0 Å². The van der Waals surface area contributed by atoms with Gasteiger partial charge in [-0.25, -0.2) is 4.39 Å². The van der Waals surface area contributed by atoms with Crippen LogP contribution in [0.25, 0.3) is 0 Å². The van der Waals surface area contributed by atoms with Crippen LogP contribution in [0.5, 0.6) is 11.5 Å². The van der Waals surface area contributed by atoms with Gasteiger partial charge in [0.05, 0.1) is 18.7 Å². The predicted molar refractivity (Wildman–Crippen MR) is 88.7 cm³/mol. The van der Waals surface area contributed by atoms with E-state index in [0.29, 0.717) is 12.2 Å². The van der Waals surface area contributed by atoms with Crippen molar-refractivity contribution in [3.63, 3.8) is 0 Å². The summed E-state index contributed by atoms with van der Waals surface area (Å²) in [5.41, 5.74) is 1.63. The second-order valence-corrected chi connectivity index (χ2v) is 6.05. The summed E-state index contributed by atoms with van der Waals surface area (Å²) in [5, 5.41) is 3.17. The Morgan fingerprint density at radius 2 is 1.86 bits per heavy atom. The molecule has 1 N–H and O–H groups in total. The van der Waals surface area contributed by atoms with Crippen LogP contribution in [0.4, 0.5) is 10.1 Å². The van der Waals surface area contributed by atoms with Crippen molar-refractivity contribution in [1.82, 2.24) is 0 Å². The molecule has 0 aliphatic heterocycles. The Labute approximate surface area is 139 Å². The van der Waals surface area contributed by atoms with Gasteiger partial charge < -0.3 is 14.8 Å². The van der Waals surface area contributed by atoms with Crippen LogP contribution in [-0.4, -0.2) is 14.2 Å². The van der Waals surface area contributed by atoms with Crippen molar-refractivity contribution in [2.24, 2.45) is 0 Å². The van der Waals surface area contributed by atoms with E-state index in [1.807, 2.05) is 12.1 Å². The fourth-order valence-corrected chi connectivity index (χ4v) is 3.42. The zero-order valence-corrected chi connectivity index (χ0v) is 14.7. The largest absolute Gasteiger partial charge is 0.495 e. The third-order valence-corrected chi connectivity index (χ3v) is 3.97. The van der Waals surface area contributed by atoms with Gasteiger partial charge in [-0.05, 0) is 40.2 Å². The van der Waals surface area contributed by atoms with Gasteiger partial charge in [-0.15, -0.1) is 0 Å². The molecule has 0 aliphatic carbocycles. The molecular formula is C15H14Br2FNO2. The summed E-state index contributed by atoms with van der Waals surface area (Å²) in [6, 6.07) is 8.62. The van der Waals surface area contributed by atoms with Crippen LogP contribution in [-0.2, 0) is 6.54 Å². The maximum atomic E-state index is 13.6. The van der Waals surface area contributed by atoms with E-state index in [0.717, 1.165) is 20.3 Å². The van der Waals surface area contributed by atoms with Crippen LogP contribution in [0.15, 0.2) is 39.3 Å². The van der Waals surface area contributed by atoms with E-state index in [9.17, 15) is 4.39 Å². The molecule has 112 valence electrons. The van der Waals surface area contributed by atoms with Gasteiger partial charge in [0.1, 0.15) is 5.75 Å². The number of benzene rings is 2. The number of anilines is 1. The summed E-state index contributed by atoms with van der Waals surface area (Å²) < 4.78 is 25.7. The molecular weight excluding hydrogens is 405 g/mol. The molecule has 0 spiro atoms. The summed E-state index contributed by atoms with van der Waals surface area (Å²) >= 11 is 6.90. The minimum absolute atomic E-state index is 0.225. The Kier molecular flexibility index (Phi) is 5.47. The van der Waals surface area contributed by atoms with E-state index >= 15 is 0 Å². The molecule has 0 amide bonds. The second-order valence-electron chi connectivity index (χ2n) is 4.28. The number of nitrogens with one attached hydrogen (secondary N) is 1. The van der Waals surface area contributed by atoms with Crippen molar-refractivity contribution >= 4 is 37.5 Å². The number of ether oxygens (including phenoxy) is 2. The van der Waals surface area contributed by atoms with Crippen LogP contribution in [0.3, 0.4) is 0 Å². The van der Waals surface area contributed by atoms with Gasteiger partial charge in [-0.3, -0.25) is 0 Å². The lowest BCUT2D eigenvalue weighted by atomic mass is 10.2. The molecule has 21 heavy (non-hydrogen) atoms. The minimum Gasteiger partial charge on any atom is -0.495 e. The van der Waals surface area contributed by atoms with Crippen molar-refractivity contribution in [1.29, 1.82) is 0 Å². The Balaban J connectivity index is 2.18. The summed E-state index contributed by atoms with van der Waals surface area (Å²) in [6.07, 6.45) is 0. The van der Waals surface area contributed by atoms with Crippen molar-refractivity contribution in [3.8, 4) is 11.5 Å². The van der Waals surface area contributed by atoms with Crippen molar-refractivity contribution in [2.45, 2.75) is 6.54 Å². The van der Waals surface area contributed by atoms with Crippen LogP contribution < -0.4 is 14.8 Å². The molecule has 2 aromatic carbocycles. The number of halogens is 3. The lowest BCUT2D eigenvalue weighted by Gasteiger charge is -2.13. The number of methoxy groups -OCH3 is 2. The average molecular weight is 419 g/mol. The quantitative estimate of drug-likeness (QED) is 0.742. The Bertz CT molecular complexity index is 650. The first kappa shape index (κ1) is 16.1. The van der Waals surface area contributed by atoms with E-state index in [1.54, 1.807) is 19.2 Å². The van der Waals surface area contributed by atoms with E-state index in [4.69, 9.17) is 9.47 Å². The van der Waals surface area contributed by atoms with Gasteiger partial charge in [-0.1, -0.05) is 15.9 Å². The monoisotopic (exact) mass is 417 g/mol. The summed E-state index contributed by atoms with van der Waals surface area (Å²) in [6.45, 7) is 0.507. The van der Waals surface area contributed by atoms with Crippen LogP contribution in [0.1, 0.15) is 5.56 Å². The second kappa shape index (κ2) is 7.13. The van der Waals surface area contributed by atoms with Crippen LogP contribution >= 0.6 is 31.9 Å². The third-order valence-electron chi connectivity index (χ3n) is 2.92. The zero-order valence-electron chi connectivity index (χ0n) is 11.5. The standard InChI is InChI=1S/C15H14Br2FNO2/c1-20-14-4-3-11(7-13(14)18)19-8-9-5-10(16)6-12(17)15(9)21-2/h3-7,19H,8H2,1-2H3. The van der Waals surface area contributed by atoms with E-state index in [1.165, 1.54) is 13.2 Å². The molecule has 0 radical (unpaired) electrons. The molecule has 0 heterocycles. The number of hydrogen-bond donors (Lipinski definition) is 1. The fraction of sp³-hybridized carbons (Fsp3) is 0.200. The first-order valence-corrected chi connectivity index (χ1v) is 7.73. The number of rotatable bonds is 5. The summed E-state index contributed by atoms with van der Waals surface area (Å²) in [5.74, 6) is 0.577. The molecule has 0 saturated heterocycles. The van der Waals surface area contributed by atoms with Gasteiger partial charge >= 0.3 is 0 Å². The van der Waals surface area contributed by atoms with Crippen LogP contribution in [0, 0.1) is 5.82 Å². The van der Waals surface area contributed by atoms with Gasteiger partial charge in [0.15, 0.2) is 11.6 Å². The maximum absolute atomic E-state index is 13.6. The Morgan fingerprint density at radius 1 is 1.10 bits per heavy atom. The SMILES string of the molecule is COc1ccc(NCc2cc(Br)cc(Br)c2OC)cc1F. The number of hydrogen-bond acceptors (Lipinski definition) is 3. The summed E-state index contributed by atoms with van der Waals surface area (Å²) in [7, 11) is 3.06. The molecule has 6 heteroatoms. The molecule has 0 saturated carbocycles. The minimum atomic E-state index is -0.398. The predicted octanol–water partition coefficient (Wildman–Crippen LogP) is 4.98. The van der Waals surface area contributed by atoms with Crippen LogP contribution in [0.2, 0.25) is 0 Å². The molecule has 2 aromatic rings. The van der Waals surface area contributed by atoms with E-state index in [2.05, 4.69) is 37.2 Å². The Hall–Kier alpha value is -1.27. The Morgan fingerprint density at radius 3 is 2.48 bits per heavy atom. The van der Waals surface area contributed by atoms with Crippen molar-refractivity contribution < 1.29 is 13.9 Å². The average Bonchev–Trinajstić information content (AvgIpc) is 2.44. The van der Waals surface area contributed by atoms with Crippen molar-refractivity contribution in [2.75, 3.05) is 19.5 Å². The normalized spacial score (nSPS) is 10.3. The smallest absolute Gasteiger partial charge is 0.167 e. The van der Waals surface area contributed by atoms with Crippen molar-refractivity contribution in [3.05, 3.63) is 50.7 Å². The molecule has 3 nitrogen and oxygen atoms in total. The molecule has 0 atom stereocenters. The van der Waals surface area contributed by atoms with E-state index in [-0.39, 0.29) is 5.75 Å². The molecule has 0 aromatic heterocycles. The molecule has 0 fully saturated rings. The highest BCUT2D eigenvalue weighted by Crippen LogP contribution is 2.33. The third kappa shape index (κ3) is 3.89. The first-order chi connectivity index (χ1) is 10.0. The van der Waals surface area contributed by atoms with Gasteiger partial charge in [0, 0.05) is 28.3 Å². The topological polar surface area (TPSA) is 30.5 Å². The van der Waals surface area contributed by atoms with E-state index < -0.39 is 5.82 Å².